The van der Waals surface area contributed by atoms with Crippen LogP contribution in [0.25, 0.3) is 11.5 Å². The van der Waals surface area contributed by atoms with E-state index in [-0.39, 0.29) is 24.4 Å². The van der Waals surface area contributed by atoms with Crippen molar-refractivity contribution in [2.75, 3.05) is 11.9 Å². The van der Waals surface area contributed by atoms with Gasteiger partial charge in [0.2, 0.25) is 5.89 Å². The van der Waals surface area contributed by atoms with Gasteiger partial charge in [-0.15, -0.1) is 10.2 Å². The number of hydrogen-bond acceptors (Lipinski definition) is 7. The number of hydrogen-bond donors (Lipinski definition) is 2. The van der Waals surface area contributed by atoms with Crippen molar-refractivity contribution in [1.82, 2.24) is 15.5 Å². The normalized spacial score (nSPS) is 13.0. The van der Waals surface area contributed by atoms with Crippen molar-refractivity contribution in [3.05, 3.63) is 65.5 Å². The highest BCUT2D eigenvalue weighted by Crippen LogP contribution is 2.31. The van der Waals surface area contributed by atoms with Crippen LogP contribution < -0.4 is 10.6 Å². The van der Waals surface area contributed by atoms with Crippen LogP contribution in [0.5, 0.6) is 0 Å². The number of carbonyl (C=O) groups is 2. The fourth-order valence-electron chi connectivity index (χ4n) is 3.57. The van der Waals surface area contributed by atoms with Gasteiger partial charge in [0, 0.05) is 16.8 Å². The molecule has 3 aromatic rings. The standard InChI is InChI=1S/C26H29F3N4O4/c1-4-6-7-21(17-8-10-19(11-9-17)23-32-33-25(37-23)26(27,28)29)31-20-14-12-18(13-15-20)22(34)30-16(3)24(35)36-5-2/h8-16,21,31H,4-7H2,1-3H3,(H,30,34)/t16-,21?/m0/s1. The molecule has 1 amide bonds. The Morgan fingerprint density at radius 1 is 1.03 bits per heavy atom. The van der Waals surface area contributed by atoms with Gasteiger partial charge in [-0.3, -0.25) is 4.79 Å². The van der Waals surface area contributed by atoms with Crippen LogP contribution in [-0.2, 0) is 15.7 Å². The second-order valence-corrected chi connectivity index (χ2v) is 8.40. The van der Waals surface area contributed by atoms with Crippen LogP contribution in [0.4, 0.5) is 18.9 Å². The monoisotopic (exact) mass is 518 g/mol. The number of anilines is 1. The lowest BCUT2D eigenvalue weighted by molar-refractivity contribution is -0.157. The van der Waals surface area contributed by atoms with Gasteiger partial charge in [-0.2, -0.15) is 13.2 Å². The lowest BCUT2D eigenvalue weighted by Crippen LogP contribution is -2.39. The molecule has 3 rings (SSSR count). The average Bonchev–Trinajstić information content (AvgIpc) is 3.38. The van der Waals surface area contributed by atoms with E-state index in [0.717, 1.165) is 30.5 Å². The molecule has 0 saturated heterocycles. The van der Waals surface area contributed by atoms with E-state index >= 15 is 0 Å². The van der Waals surface area contributed by atoms with E-state index in [2.05, 4.69) is 27.8 Å². The van der Waals surface area contributed by atoms with E-state index in [1.54, 1.807) is 62.4 Å². The number of alkyl halides is 3. The smallest absolute Gasteiger partial charge is 0.464 e. The van der Waals surface area contributed by atoms with Gasteiger partial charge in [-0.1, -0.05) is 31.9 Å². The minimum atomic E-state index is -4.70. The molecule has 0 bridgehead atoms. The number of nitrogens with zero attached hydrogens (tertiary/aromatic N) is 2. The van der Waals surface area contributed by atoms with E-state index < -0.39 is 24.1 Å². The fourth-order valence-corrected chi connectivity index (χ4v) is 3.57. The van der Waals surface area contributed by atoms with Crippen molar-refractivity contribution in [2.24, 2.45) is 0 Å². The van der Waals surface area contributed by atoms with Crippen molar-refractivity contribution < 1.29 is 31.9 Å². The molecule has 0 aliphatic rings. The summed E-state index contributed by atoms with van der Waals surface area (Å²) in [5.41, 5.74) is 2.49. The number of carbonyl (C=O) groups excluding carboxylic acids is 2. The van der Waals surface area contributed by atoms with Gasteiger partial charge in [-0.25, -0.2) is 4.79 Å². The second-order valence-electron chi connectivity index (χ2n) is 8.40. The number of unbranched alkanes of at least 4 members (excludes halogenated alkanes) is 1. The van der Waals surface area contributed by atoms with Gasteiger partial charge in [0.1, 0.15) is 6.04 Å². The molecule has 1 aromatic heterocycles. The first-order valence-corrected chi connectivity index (χ1v) is 12.0. The first-order chi connectivity index (χ1) is 17.6. The van der Waals surface area contributed by atoms with E-state index in [9.17, 15) is 22.8 Å². The summed E-state index contributed by atoms with van der Waals surface area (Å²) in [6, 6.07) is 12.9. The van der Waals surface area contributed by atoms with Gasteiger partial charge in [0.05, 0.1) is 12.6 Å². The van der Waals surface area contributed by atoms with Gasteiger partial charge in [0.25, 0.3) is 5.91 Å². The highest BCUT2D eigenvalue weighted by Gasteiger charge is 2.38. The van der Waals surface area contributed by atoms with Crippen LogP contribution in [-0.4, -0.2) is 34.7 Å². The molecule has 0 saturated carbocycles. The summed E-state index contributed by atoms with van der Waals surface area (Å²) in [6.45, 7) is 5.57. The van der Waals surface area contributed by atoms with Crippen molar-refractivity contribution in [2.45, 2.75) is 58.3 Å². The molecule has 2 N–H and O–H groups in total. The fraction of sp³-hybridized carbons (Fsp3) is 0.385. The van der Waals surface area contributed by atoms with Crippen molar-refractivity contribution in [3.8, 4) is 11.5 Å². The lowest BCUT2D eigenvalue weighted by Gasteiger charge is -2.21. The van der Waals surface area contributed by atoms with E-state index in [1.165, 1.54) is 0 Å². The van der Waals surface area contributed by atoms with E-state index in [4.69, 9.17) is 9.15 Å². The molecular weight excluding hydrogens is 489 g/mol. The molecule has 0 aliphatic carbocycles. The number of esters is 1. The third kappa shape index (κ3) is 7.55. The Labute approximate surface area is 212 Å². The molecule has 37 heavy (non-hydrogen) atoms. The van der Waals surface area contributed by atoms with E-state index in [1.807, 2.05) is 0 Å². The summed E-state index contributed by atoms with van der Waals surface area (Å²) in [5, 5.41) is 12.6. The number of halogens is 3. The highest BCUT2D eigenvalue weighted by atomic mass is 19.4. The van der Waals surface area contributed by atoms with Gasteiger partial charge in [-0.05, 0) is 62.2 Å². The Kier molecular flexibility index (Phi) is 9.26. The summed E-state index contributed by atoms with van der Waals surface area (Å²) in [4.78, 5) is 24.2. The Morgan fingerprint density at radius 3 is 2.27 bits per heavy atom. The maximum absolute atomic E-state index is 12.8. The number of benzene rings is 2. The number of ether oxygens (including phenoxy) is 1. The number of rotatable bonds is 11. The third-order valence-electron chi connectivity index (χ3n) is 5.55. The van der Waals surface area contributed by atoms with Crippen LogP contribution in [0.2, 0.25) is 0 Å². The van der Waals surface area contributed by atoms with Crippen molar-refractivity contribution in [1.29, 1.82) is 0 Å². The van der Waals surface area contributed by atoms with Gasteiger partial charge in [0.15, 0.2) is 0 Å². The zero-order valence-corrected chi connectivity index (χ0v) is 20.8. The molecule has 0 fully saturated rings. The summed E-state index contributed by atoms with van der Waals surface area (Å²) >= 11 is 0. The van der Waals surface area contributed by atoms with Gasteiger partial charge < -0.3 is 19.8 Å². The molecule has 1 unspecified atom stereocenters. The minimum Gasteiger partial charge on any atom is -0.464 e. The molecule has 0 aliphatic heterocycles. The Hall–Kier alpha value is -3.89. The SMILES string of the molecule is CCCCC(Nc1ccc(C(=O)N[C@@H](C)C(=O)OCC)cc1)c1ccc(-c2nnc(C(F)(F)F)o2)cc1. The molecular formula is C26H29F3N4O4. The third-order valence-corrected chi connectivity index (χ3v) is 5.55. The summed E-state index contributed by atoms with van der Waals surface area (Å²) in [5.74, 6) is -2.48. The van der Waals surface area contributed by atoms with Crippen LogP contribution in [0.15, 0.2) is 52.9 Å². The lowest BCUT2D eigenvalue weighted by atomic mass is 9.99. The zero-order valence-electron chi connectivity index (χ0n) is 20.8. The molecule has 8 nitrogen and oxygen atoms in total. The first kappa shape index (κ1) is 27.7. The van der Waals surface area contributed by atoms with Crippen molar-refractivity contribution in [3.63, 3.8) is 0 Å². The average molecular weight is 519 g/mol. The van der Waals surface area contributed by atoms with Crippen LogP contribution in [0, 0.1) is 0 Å². The minimum absolute atomic E-state index is 0.0778. The topological polar surface area (TPSA) is 106 Å². The predicted molar refractivity (Wildman–Crippen MR) is 131 cm³/mol. The maximum Gasteiger partial charge on any atom is 0.470 e. The largest absolute Gasteiger partial charge is 0.470 e. The van der Waals surface area contributed by atoms with E-state index in [0.29, 0.717) is 11.1 Å². The van der Waals surface area contributed by atoms with Crippen molar-refractivity contribution >= 4 is 17.6 Å². The molecule has 2 aromatic carbocycles. The molecule has 11 heteroatoms. The van der Waals surface area contributed by atoms with Crippen LogP contribution in [0.1, 0.15) is 67.9 Å². The summed E-state index contributed by atoms with van der Waals surface area (Å²) in [7, 11) is 0. The maximum atomic E-state index is 12.8. The quantitative estimate of drug-likeness (QED) is 0.310. The molecule has 198 valence electrons. The predicted octanol–water partition coefficient (Wildman–Crippen LogP) is 5.78. The molecule has 2 atom stereocenters. The Bertz CT molecular complexity index is 1180. The zero-order chi connectivity index (χ0) is 27.0. The first-order valence-electron chi connectivity index (χ1n) is 12.0. The Balaban J connectivity index is 1.69. The number of nitrogens with one attached hydrogen (secondary N) is 2. The van der Waals surface area contributed by atoms with Crippen LogP contribution in [0.3, 0.4) is 0 Å². The molecule has 0 radical (unpaired) electrons. The van der Waals surface area contributed by atoms with Crippen LogP contribution >= 0.6 is 0 Å². The van der Waals surface area contributed by atoms with Gasteiger partial charge >= 0.3 is 18.0 Å². The highest BCUT2D eigenvalue weighted by molar-refractivity contribution is 5.96. The number of aromatic nitrogens is 2. The molecule has 1 heterocycles. The Morgan fingerprint density at radius 2 is 1.70 bits per heavy atom. The summed E-state index contributed by atoms with van der Waals surface area (Å²) < 4.78 is 47.9. The summed E-state index contributed by atoms with van der Waals surface area (Å²) in [6.07, 6.45) is -1.95. The number of amides is 1. The molecule has 0 spiro atoms. The second kappa shape index (κ2) is 12.4.